The molecule has 0 fully saturated rings. The van der Waals surface area contributed by atoms with Crippen LogP contribution in [0.25, 0.3) is 27.8 Å². The van der Waals surface area contributed by atoms with Gasteiger partial charge in [-0.05, 0) is 37.6 Å². The van der Waals surface area contributed by atoms with Crippen molar-refractivity contribution in [3.05, 3.63) is 66.0 Å². The molecule has 0 aliphatic heterocycles. The summed E-state index contributed by atoms with van der Waals surface area (Å²) in [4.78, 5) is 4.72. The summed E-state index contributed by atoms with van der Waals surface area (Å²) >= 11 is 0. The van der Waals surface area contributed by atoms with Crippen LogP contribution in [0.2, 0.25) is 0 Å². The normalized spacial score (nSPS) is 11.4. The molecule has 0 saturated carbocycles. The molecule has 3 nitrogen and oxygen atoms in total. The molecule has 22 heavy (non-hydrogen) atoms. The van der Waals surface area contributed by atoms with Crippen LogP contribution in [0.3, 0.4) is 0 Å². The van der Waals surface area contributed by atoms with Gasteiger partial charge in [-0.1, -0.05) is 18.2 Å². The van der Waals surface area contributed by atoms with Gasteiger partial charge in [0.25, 0.3) is 5.82 Å². The Morgan fingerprint density at radius 3 is 2.59 bits per heavy atom. The molecule has 108 valence electrons. The summed E-state index contributed by atoms with van der Waals surface area (Å²) in [6.45, 7) is 4.30. The van der Waals surface area contributed by atoms with Gasteiger partial charge in [0, 0.05) is 17.8 Å². The Labute approximate surface area is 129 Å². The maximum atomic E-state index is 4.72. The summed E-state index contributed by atoms with van der Waals surface area (Å²) in [6, 6.07) is 14.8. The van der Waals surface area contributed by atoms with E-state index < -0.39 is 0 Å². The molecule has 1 aromatic carbocycles. The topological polar surface area (TPSA) is 21.7 Å². The van der Waals surface area contributed by atoms with Gasteiger partial charge in [0.2, 0.25) is 0 Å². The second-order valence-corrected chi connectivity index (χ2v) is 5.79. The fraction of sp³-hybridized carbons (Fsp3) is 0.158. The lowest BCUT2D eigenvalue weighted by molar-refractivity contribution is -0.665. The first-order valence-electron chi connectivity index (χ1n) is 7.49. The highest BCUT2D eigenvalue weighted by atomic mass is 15.1. The molecule has 4 aromatic rings. The Hall–Kier alpha value is -2.68. The van der Waals surface area contributed by atoms with Crippen molar-refractivity contribution >= 4 is 21.9 Å². The van der Waals surface area contributed by atoms with E-state index in [9.17, 15) is 0 Å². The third-order valence-corrected chi connectivity index (χ3v) is 4.44. The van der Waals surface area contributed by atoms with E-state index in [0.29, 0.717) is 0 Å². The van der Waals surface area contributed by atoms with Crippen molar-refractivity contribution in [2.45, 2.75) is 13.8 Å². The van der Waals surface area contributed by atoms with Crippen molar-refractivity contribution in [3.8, 4) is 5.82 Å². The molecular weight excluding hydrogens is 270 g/mol. The Kier molecular flexibility index (Phi) is 2.76. The van der Waals surface area contributed by atoms with Gasteiger partial charge in [-0.3, -0.25) is 4.98 Å². The standard InChI is InChI=1S/C19H18N3/c1-13-12-20-18-15-8-4-5-9-16(15)22(19(18)14(13)2)17-10-6-7-11-21(17)3/h4-12H,1-3H3/q+1. The van der Waals surface area contributed by atoms with E-state index in [-0.39, 0.29) is 0 Å². The Bertz CT molecular complexity index is 1010. The summed E-state index contributed by atoms with van der Waals surface area (Å²) in [5.74, 6) is 1.14. The van der Waals surface area contributed by atoms with Crippen LogP contribution in [0.1, 0.15) is 11.1 Å². The summed E-state index contributed by atoms with van der Waals surface area (Å²) in [6.07, 6.45) is 4.05. The maximum Gasteiger partial charge on any atom is 0.286 e. The van der Waals surface area contributed by atoms with E-state index in [1.165, 1.54) is 27.5 Å². The lowest BCUT2D eigenvalue weighted by Gasteiger charge is -2.05. The van der Waals surface area contributed by atoms with Crippen molar-refractivity contribution in [3.63, 3.8) is 0 Å². The van der Waals surface area contributed by atoms with Crippen molar-refractivity contribution in [2.24, 2.45) is 7.05 Å². The second-order valence-electron chi connectivity index (χ2n) is 5.79. The van der Waals surface area contributed by atoms with Crippen LogP contribution >= 0.6 is 0 Å². The fourth-order valence-corrected chi connectivity index (χ4v) is 3.13. The molecule has 0 unspecified atom stereocenters. The third-order valence-electron chi connectivity index (χ3n) is 4.44. The molecule has 3 heteroatoms. The highest BCUT2D eigenvalue weighted by Crippen LogP contribution is 2.32. The molecule has 0 saturated heterocycles. The van der Waals surface area contributed by atoms with E-state index in [1.807, 2.05) is 12.3 Å². The average Bonchev–Trinajstić information content (AvgIpc) is 2.87. The lowest BCUT2D eigenvalue weighted by Crippen LogP contribution is -2.33. The minimum atomic E-state index is 1.07. The van der Waals surface area contributed by atoms with Crippen LogP contribution in [-0.4, -0.2) is 9.55 Å². The van der Waals surface area contributed by atoms with Crippen LogP contribution in [0, 0.1) is 13.8 Å². The van der Waals surface area contributed by atoms with Crippen molar-refractivity contribution in [1.29, 1.82) is 0 Å². The molecule has 0 bridgehead atoms. The van der Waals surface area contributed by atoms with E-state index in [4.69, 9.17) is 4.98 Å². The molecule has 0 amide bonds. The number of hydrogen-bond donors (Lipinski definition) is 0. The Morgan fingerprint density at radius 1 is 1.00 bits per heavy atom. The number of para-hydroxylation sites is 1. The van der Waals surface area contributed by atoms with E-state index >= 15 is 0 Å². The Balaban J connectivity index is 2.29. The first-order chi connectivity index (χ1) is 10.7. The van der Waals surface area contributed by atoms with Crippen LogP contribution in [-0.2, 0) is 7.05 Å². The van der Waals surface area contributed by atoms with Gasteiger partial charge in [0.15, 0.2) is 5.52 Å². The van der Waals surface area contributed by atoms with E-state index in [0.717, 1.165) is 11.3 Å². The van der Waals surface area contributed by atoms with Crippen LogP contribution in [0.4, 0.5) is 0 Å². The fourth-order valence-electron chi connectivity index (χ4n) is 3.13. The predicted molar refractivity (Wildman–Crippen MR) is 89.2 cm³/mol. The number of aryl methyl sites for hydroxylation is 3. The molecule has 0 aliphatic rings. The molecule has 3 heterocycles. The summed E-state index contributed by atoms with van der Waals surface area (Å²) in [5.41, 5.74) is 5.96. The van der Waals surface area contributed by atoms with Gasteiger partial charge in [0.1, 0.15) is 11.0 Å². The number of rotatable bonds is 1. The van der Waals surface area contributed by atoms with Crippen LogP contribution < -0.4 is 4.57 Å². The molecule has 0 N–H and O–H groups in total. The number of fused-ring (bicyclic) bond motifs is 3. The first-order valence-corrected chi connectivity index (χ1v) is 7.49. The molecule has 0 radical (unpaired) electrons. The SMILES string of the molecule is Cc1cnc2c3ccccc3n(-c3cccc[n+]3C)c2c1C. The van der Waals surface area contributed by atoms with Crippen molar-refractivity contribution in [1.82, 2.24) is 9.55 Å². The zero-order chi connectivity index (χ0) is 15.3. The molecular formula is C19H18N3+. The number of pyridine rings is 2. The highest BCUT2D eigenvalue weighted by Gasteiger charge is 2.23. The van der Waals surface area contributed by atoms with Gasteiger partial charge < -0.3 is 0 Å². The number of aromatic nitrogens is 3. The zero-order valence-electron chi connectivity index (χ0n) is 13.0. The van der Waals surface area contributed by atoms with Crippen molar-refractivity contribution < 1.29 is 4.57 Å². The van der Waals surface area contributed by atoms with Gasteiger partial charge in [-0.15, -0.1) is 0 Å². The van der Waals surface area contributed by atoms with Gasteiger partial charge >= 0.3 is 0 Å². The summed E-state index contributed by atoms with van der Waals surface area (Å²) < 4.78 is 4.47. The van der Waals surface area contributed by atoms with E-state index in [1.54, 1.807) is 0 Å². The van der Waals surface area contributed by atoms with Crippen LogP contribution in [0.5, 0.6) is 0 Å². The molecule has 0 aliphatic carbocycles. The average molecular weight is 288 g/mol. The van der Waals surface area contributed by atoms with Gasteiger partial charge in [-0.2, -0.15) is 4.57 Å². The highest BCUT2D eigenvalue weighted by molar-refractivity contribution is 6.07. The predicted octanol–water partition coefficient (Wildman–Crippen LogP) is 3.62. The maximum absolute atomic E-state index is 4.72. The Morgan fingerprint density at radius 2 is 1.77 bits per heavy atom. The van der Waals surface area contributed by atoms with Gasteiger partial charge in [0.05, 0.1) is 18.6 Å². The van der Waals surface area contributed by atoms with E-state index in [2.05, 4.69) is 72.6 Å². The quantitative estimate of drug-likeness (QED) is 0.490. The number of hydrogen-bond acceptors (Lipinski definition) is 1. The number of nitrogens with zero attached hydrogens (tertiary/aromatic N) is 3. The minimum Gasteiger partial charge on any atom is -0.251 e. The van der Waals surface area contributed by atoms with Gasteiger partial charge in [-0.25, -0.2) is 4.57 Å². The molecule has 3 aromatic heterocycles. The zero-order valence-corrected chi connectivity index (χ0v) is 13.0. The van der Waals surface area contributed by atoms with Crippen LogP contribution in [0.15, 0.2) is 54.9 Å². The monoisotopic (exact) mass is 288 g/mol. The van der Waals surface area contributed by atoms with Crippen molar-refractivity contribution in [2.75, 3.05) is 0 Å². The lowest BCUT2D eigenvalue weighted by atomic mass is 10.1. The number of benzene rings is 1. The molecule has 0 spiro atoms. The third kappa shape index (κ3) is 1.69. The smallest absolute Gasteiger partial charge is 0.251 e. The molecule has 0 atom stereocenters. The second kappa shape index (κ2) is 4.67. The summed E-state index contributed by atoms with van der Waals surface area (Å²) in [7, 11) is 2.08. The summed E-state index contributed by atoms with van der Waals surface area (Å²) in [5, 5.41) is 1.20. The minimum absolute atomic E-state index is 1.07. The largest absolute Gasteiger partial charge is 0.286 e. The molecule has 4 rings (SSSR count). The first kappa shape index (κ1) is 13.0.